The third kappa shape index (κ3) is 3.82. The molecule has 114 valence electrons. The van der Waals surface area contributed by atoms with Crippen LogP contribution in [0.3, 0.4) is 0 Å². The van der Waals surface area contributed by atoms with Gasteiger partial charge in [-0.15, -0.1) is 0 Å². The molecule has 6 heteroatoms. The smallest absolute Gasteiger partial charge is 0.243 e. The lowest BCUT2D eigenvalue weighted by Gasteiger charge is -2.31. The predicted molar refractivity (Wildman–Crippen MR) is 79.5 cm³/mol. The van der Waals surface area contributed by atoms with Gasteiger partial charge in [0.25, 0.3) is 0 Å². The summed E-state index contributed by atoms with van der Waals surface area (Å²) in [6.45, 7) is 1.99. The molecule has 0 heterocycles. The maximum Gasteiger partial charge on any atom is 0.243 e. The van der Waals surface area contributed by atoms with Crippen LogP contribution in [0, 0.1) is 23.6 Å². The Morgan fingerprint density at radius 3 is 2.71 bits per heavy atom. The summed E-state index contributed by atoms with van der Waals surface area (Å²) in [6.07, 6.45) is 3.15. The minimum Gasteiger partial charge on any atom is -0.320 e. The van der Waals surface area contributed by atoms with Crippen molar-refractivity contribution in [1.82, 2.24) is 4.72 Å². The monoisotopic (exact) mass is 310 g/mol. The summed E-state index contributed by atoms with van der Waals surface area (Å²) >= 11 is 0. The maximum atomic E-state index is 14.0. The summed E-state index contributed by atoms with van der Waals surface area (Å²) in [7, 11) is -3.85. The van der Waals surface area contributed by atoms with Crippen molar-refractivity contribution in [2.45, 2.75) is 37.1 Å². The number of rotatable bonds is 4. The second kappa shape index (κ2) is 6.56. The third-order valence-corrected chi connectivity index (χ3v) is 5.35. The van der Waals surface area contributed by atoms with E-state index in [1.807, 2.05) is 6.92 Å². The first-order valence-electron chi connectivity index (χ1n) is 6.95. The molecular weight excluding hydrogens is 291 g/mol. The fraction of sp³-hybridized carbons (Fsp3) is 0.467. The molecule has 0 aromatic heterocycles. The number of nitrogens with two attached hydrogens (primary N) is 1. The van der Waals surface area contributed by atoms with Crippen LogP contribution in [0.5, 0.6) is 0 Å². The summed E-state index contributed by atoms with van der Waals surface area (Å²) in [6, 6.07) is 3.66. The molecule has 1 atom stereocenters. The normalized spacial score (nSPS) is 16.7. The Labute approximate surface area is 125 Å². The molecule has 1 unspecified atom stereocenters. The molecule has 3 N–H and O–H groups in total. The predicted octanol–water partition coefficient (Wildman–Crippen LogP) is 1.60. The number of hydrogen-bond donors (Lipinski definition) is 2. The van der Waals surface area contributed by atoms with Crippen LogP contribution in [0.1, 0.15) is 31.7 Å². The highest BCUT2D eigenvalue weighted by molar-refractivity contribution is 7.89. The van der Waals surface area contributed by atoms with Gasteiger partial charge in [-0.3, -0.25) is 0 Å². The quantitative estimate of drug-likeness (QED) is 0.830. The number of benzene rings is 1. The van der Waals surface area contributed by atoms with Crippen LogP contribution in [0.4, 0.5) is 4.39 Å². The van der Waals surface area contributed by atoms with E-state index in [0.717, 1.165) is 25.3 Å². The largest absolute Gasteiger partial charge is 0.320 e. The van der Waals surface area contributed by atoms with Crippen molar-refractivity contribution < 1.29 is 12.8 Å². The van der Waals surface area contributed by atoms with E-state index in [1.165, 1.54) is 12.1 Å². The van der Waals surface area contributed by atoms with Gasteiger partial charge in [0, 0.05) is 11.6 Å². The number of nitrogens with one attached hydrogen (secondary N) is 1. The van der Waals surface area contributed by atoms with Crippen molar-refractivity contribution in [3.63, 3.8) is 0 Å². The molecule has 4 nitrogen and oxygen atoms in total. The standard InChI is InChI=1S/C15H19FN2O2S/c1-11(13-5-2-6-13)18-21(19,20)15-8-7-12(4-3-9-17)10-14(15)16/h7-8,10-11,13,18H,2,5-6,9,17H2,1H3. The van der Waals surface area contributed by atoms with Gasteiger partial charge in [0.05, 0.1) is 6.54 Å². The van der Waals surface area contributed by atoms with Gasteiger partial charge in [0.15, 0.2) is 0 Å². The van der Waals surface area contributed by atoms with Gasteiger partial charge in [-0.1, -0.05) is 18.3 Å². The zero-order valence-electron chi connectivity index (χ0n) is 11.9. The van der Waals surface area contributed by atoms with E-state index in [2.05, 4.69) is 16.6 Å². The zero-order valence-corrected chi connectivity index (χ0v) is 12.7. The fourth-order valence-corrected chi connectivity index (χ4v) is 3.67. The van der Waals surface area contributed by atoms with Gasteiger partial charge < -0.3 is 5.73 Å². The average molecular weight is 310 g/mol. The highest BCUT2D eigenvalue weighted by atomic mass is 32.2. The van der Waals surface area contributed by atoms with Crippen LogP contribution in [0.2, 0.25) is 0 Å². The molecule has 1 fully saturated rings. The Morgan fingerprint density at radius 2 is 2.19 bits per heavy atom. The van der Waals surface area contributed by atoms with Gasteiger partial charge in [-0.25, -0.2) is 17.5 Å². The highest BCUT2D eigenvalue weighted by Gasteiger charge is 2.29. The zero-order chi connectivity index (χ0) is 15.5. The van der Waals surface area contributed by atoms with Crippen LogP contribution < -0.4 is 10.5 Å². The van der Waals surface area contributed by atoms with Gasteiger partial charge in [0.1, 0.15) is 10.7 Å². The van der Waals surface area contributed by atoms with Crippen LogP contribution in [0.15, 0.2) is 23.1 Å². The summed E-state index contributed by atoms with van der Waals surface area (Å²) in [5.41, 5.74) is 5.65. The first-order valence-corrected chi connectivity index (χ1v) is 8.43. The Balaban J connectivity index is 2.19. The second-order valence-electron chi connectivity index (χ2n) is 5.25. The number of hydrogen-bond acceptors (Lipinski definition) is 3. The maximum absolute atomic E-state index is 14.0. The third-order valence-electron chi connectivity index (χ3n) is 3.75. The molecule has 2 rings (SSSR count). The lowest BCUT2D eigenvalue weighted by molar-refractivity contribution is 0.260. The molecule has 1 saturated carbocycles. The molecule has 0 amide bonds. The van der Waals surface area contributed by atoms with Crippen molar-refractivity contribution in [3.8, 4) is 11.8 Å². The fourth-order valence-electron chi connectivity index (χ4n) is 2.29. The van der Waals surface area contributed by atoms with Crippen molar-refractivity contribution >= 4 is 10.0 Å². The Bertz CT molecular complexity index is 673. The molecule has 0 aliphatic heterocycles. The SMILES string of the molecule is CC(NS(=O)(=O)c1ccc(C#CCN)cc1F)C1CCC1. The van der Waals surface area contributed by atoms with Crippen molar-refractivity contribution in [2.75, 3.05) is 6.54 Å². The lowest BCUT2D eigenvalue weighted by atomic mass is 9.81. The minimum atomic E-state index is -3.85. The van der Waals surface area contributed by atoms with Crippen LogP contribution in [0.25, 0.3) is 0 Å². The van der Waals surface area contributed by atoms with Crippen LogP contribution >= 0.6 is 0 Å². The second-order valence-corrected chi connectivity index (χ2v) is 6.93. The Kier molecular flexibility index (Phi) is 4.99. The van der Waals surface area contributed by atoms with Gasteiger partial charge in [-0.05, 0) is 43.9 Å². The average Bonchev–Trinajstić information content (AvgIpc) is 2.33. The van der Waals surface area contributed by atoms with E-state index >= 15 is 0 Å². The molecule has 0 saturated heterocycles. The molecule has 1 aliphatic rings. The summed E-state index contributed by atoms with van der Waals surface area (Å²) in [5, 5.41) is 0. The van der Waals surface area contributed by atoms with E-state index in [-0.39, 0.29) is 17.5 Å². The number of sulfonamides is 1. The van der Waals surface area contributed by atoms with Crippen molar-refractivity contribution in [2.24, 2.45) is 11.7 Å². The number of halogens is 1. The minimum absolute atomic E-state index is 0.169. The van der Waals surface area contributed by atoms with Crippen molar-refractivity contribution in [1.29, 1.82) is 0 Å². The van der Waals surface area contributed by atoms with Gasteiger partial charge in [0.2, 0.25) is 10.0 Å². The van der Waals surface area contributed by atoms with Crippen LogP contribution in [-0.2, 0) is 10.0 Å². The molecule has 0 spiro atoms. The summed E-state index contributed by atoms with van der Waals surface area (Å²) in [4.78, 5) is -0.341. The van der Waals surface area contributed by atoms with E-state index < -0.39 is 15.8 Å². The van der Waals surface area contributed by atoms with E-state index in [9.17, 15) is 12.8 Å². The Morgan fingerprint density at radius 1 is 1.48 bits per heavy atom. The van der Waals surface area contributed by atoms with E-state index in [4.69, 9.17) is 5.73 Å². The van der Waals surface area contributed by atoms with Gasteiger partial charge in [-0.2, -0.15) is 0 Å². The molecule has 1 aromatic carbocycles. The molecule has 0 radical (unpaired) electrons. The molecule has 1 aliphatic carbocycles. The summed E-state index contributed by atoms with van der Waals surface area (Å²) in [5.74, 6) is 4.82. The lowest BCUT2D eigenvalue weighted by Crippen LogP contribution is -2.40. The molecular formula is C15H19FN2O2S. The first kappa shape index (κ1) is 16.0. The Hall–Kier alpha value is -1.42. The van der Waals surface area contributed by atoms with E-state index in [1.54, 1.807) is 0 Å². The van der Waals surface area contributed by atoms with Crippen molar-refractivity contribution in [3.05, 3.63) is 29.6 Å². The molecule has 0 bridgehead atoms. The molecule has 1 aromatic rings. The first-order chi connectivity index (χ1) is 9.94. The topological polar surface area (TPSA) is 72.2 Å². The van der Waals surface area contributed by atoms with Gasteiger partial charge >= 0.3 is 0 Å². The van der Waals surface area contributed by atoms with E-state index in [0.29, 0.717) is 11.5 Å². The summed E-state index contributed by atoms with van der Waals surface area (Å²) < 4.78 is 41.0. The van der Waals surface area contributed by atoms with Crippen LogP contribution in [-0.4, -0.2) is 21.0 Å². The molecule has 21 heavy (non-hydrogen) atoms. The highest BCUT2D eigenvalue weighted by Crippen LogP contribution is 2.30.